The number of carbonyl (C=O) groups excluding carboxylic acids is 1. The van der Waals surface area contributed by atoms with E-state index in [0.29, 0.717) is 12.3 Å². The highest BCUT2D eigenvalue weighted by atomic mass is 16.5. The first kappa shape index (κ1) is 17.0. The Kier molecular flexibility index (Phi) is 5.33. The number of rotatable bonds is 4. The predicted molar refractivity (Wildman–Crippen MR) is 98.3 cm³/mol. The van der Waals surface area contributed by atoms with Crippen LogP contribution in [0.4, 0.5) is 4.79 Å². The third-order valence-corrected chi connectivity index (χ3v) is 4.43. The van der Waals surface area contributed by atoms with Gasteiger partial charge in [0.25, 0.3) is 0 Å². The fourth-order valence-corrected chi connectivity index (χ4v) is 3.05. The second-order valence-corrected chi connectivity index (χ2v) is 6.09. The zero-order chi connectivity index (χ0) is 17.6. The van der Waals surface area contributed by atoms with Gasteiger partial charge >= 0.3 is 6.03 Å². The number of hydrogen-bond donors (Lipinski definition) is 1. The Labute approximate surface area is 148 Å². The molecule has 1 aliphatic heterocycles. The van der Waals surface area contributed by atoms with Gasteiger partial charge in [0.15, 0.2) is 0 Å². The van der Waals surface area contributed by atoms with Gasteiger partial charge in [0.1, 0.15) is 5.75 Å². The molecule has 5 nitrogen and oxygen atoms in total. The smallest absolute Gasteiger partial charge is 0.318 e. The molecule has 25 heavy (non-hydrogen) atoms. The highest BCUT2D eigenvalue weighted by molar-refractivity contribution is 5.79. The van der Waals surface area contributed by atoms with Crippen molar-refractivity contribution in [3.8, 4) is 5.75 Å². The maximum atomic E-state index is 12.7. The van der Waals surface area contributed by atoms with Crippen molar-refractivity contribution < 1.29 is 9.53 Å². The van der Waals surface area contributed by atoms with Crippen LogP contribution in [0.25, 0.3) is 5.57 Å². The number of nitrogens with one attached hydrogen (secondary N) is 1. The highest BCUT2D eigenvalue weighted by Gasteiger charge is 2.21. The minimum Gasteiger partial charge on any atom is -0.495 e. The minimum absolute atomic E-state index is 0.0621. The van der Waals surface area contributed by atoms with E-state index in [9.17, 15) is 4.79 Å². The monoisotopic (exact) mass is 337 g/mol. The van der Waals surface area contributed by atoms with Crippen molar-refractivity contribution in [2.75, 3.05) is 20.2 Å². The fourth-order valence-electron chi connectivity index (χ4n) is 3.05. The summed E-state index contributed by atoms with van der Waals surface area (Å²) in [6.45, 7) is 3.30. The summed E-state index contributed by atoms with van der Waals surface area (Å²) in [7, 11) is 1.61. The van der Waals surface area contributed by atoms with Gasteiger partial charge in [0, 0.05) is 24.8 Å². The Balaban J connectivity index is 1.66. The van der Waals surface area contributed by atoms with Gasteiger partial charge in [-0.3, -0.25) is 4.98 Å². The van der Waals surface area contributed by atoms with Gasteiger partial charge in [-0.2, -0.15) is 0 Å². The number of hydrogen-bond acceptors (Lipinski definition) is 3. The molecule has 0 saturated heterocycles. The number of amides is 2. The lowest BCUT2D eigenvalue weighted by atomic mass is 10.0. The zero-order valence-corrected chi connectivity index (χ0v) is 14.6. The number of urea groups is 1. The molecule has 3 rings (SSSR count). The zero-order valence-electron chi connectivity index (χ0n) is 14.6. The summed E-state index contributed by atoms with van der Waals surface area (Å²) in [5, 5.41) is 3.06. The van der Waals surface area contributed by atoms with Crippen LogP contribution in [0.5, 0.6) is 5.75 Å². The molecule has 2 heterocycles. The first-order chi connectivity index (χ1) is 12.2. The van der Waals surface area contributed by atoms with Gasteiger partial charge in [0.2, 0.25) is 0 Å². The predicted octanol–water partition coefficient (Wildman–Crippen LogP) is 3.65. The molecule has 1 aromatic carbocycles. The molecule has 1 aromatic heterocycles. The average molecular weight is 337 g/mol. The van der Waals surface area contributed by atoms with Crippen molar-refractivity contribution >= 4 is 11.6 Å². The number of benzene rings is 1. The lowest BCUT2D eigenvalue weighted by Crippen LogP contribution is -2.43. The van der Waals surface area contributed by atoms with Crippen molar-refractivity contribution in [2.24, 2.45) is 0 Å². The van der Waals surface area contributed by atoms with Crippen molar-refractivity contribution in [3.63, 3.8) is 0 Å². The molecule has 0 fully saturated rings. The van der Waals surface area contributed by atoms with Gasteiger partial charge in [-0.1, -0.05) is 36.4 Å². The molecule has 1 unspecified atom stereocenters. The van der Waals surface area contributed by atoms with Gasteiger partial charge in [-0.05, 0) is 30.5 Å². The molecule has 0 bridgehead atoms. The van der Waals surface area contributed by atoms with Crippen LogP contribution in [-0.4, -0.2) is 36.1 Å². The Hall–Kier alpha value is -2.82. The Morgan fingerprint density at radius 3 is 2.84 bits per heavy atom. The SMILES string of the molecule is COc1cnccc1C(C)NC(=O)N1CCC=C(c2ccccc2)C1. The summed E-state index contributed by atoms with van der Waals surface area (Å²) in [6, 6.07) is 11.9. The number of aromatic nitrogens is 1. The molecule has 2 amide bonds. The molecule has 0 radical (unpaired) electrons. The van der Waals surface area contributed by atoms with Gasteiger partial charge < -0.3 is 15.0 Å². The van der Waals surface area contributed by atoms with Crippen LogP contribution in [0.3, 0.4) is 0 Å². The molecule has 2 aromatic rings. The summed E-state index contributed by atoms with van der Waals surface area (Å²) in [6.07, 6.45) is 6.45. The van der Waals surface area contributed by atoms with E-state index in [0.717, 1.165) is 18.5 Å². The molecule has 5 heteroatoms. The largest absolute Gasteiger partial charge is 0.495 e. The lowest BCUT2D eigenvalue weighted by Gasteiger charge is -2.29. The van der Waals surface area contributed by atoms with Crippen molar-refractivity contribution in [3.05, 3.63) is 66.0 Å². The number of nitrogens with zero attached hydrogens (tertiary/aromatic N) is 2. The molecular weight excluding hydrogens is 314 g/mol. The molecule has 1 N–H and O–H groups in total. The number of methoxy groups -OCH3 is 1. The maximum absolute atomic E-state index is 12.7. The normalized spacial score (nSPS) is 15.3. The fraction of sp³-hybridized carbons (Fsp3) is 0.300. The first-order valence-electron chi connectivity index (χ1n) is 8.47. The molecule has 0 saturated carbocycles. The van der Waals surface area contributed by atoms with Crippen LogP contribution in [0.15, 0.2) is 54.9 Å². The van der Waals surface area contributed by atoms with E-state index in [4.69, 9.17) is 4.74 Å². The minimum atomic E-state index is -0.156. The van der Waals surface area contributed by atoms with Gasteiger partial charge in [-0.15, -0.1) is 0 Å². The maximum Gasteiger partial charge on any atom is 0.318 e. The lowest BCUT2D eigenvalue weighted by molar-refractivity contribution is 0.200. The molecule has 1 aliphatic rings. The van der Waals surface area contributed by atoms with Crippen LogP contribution < -0.4 is 10.1 Å². The summed E-state index contributed by atoms with van der Waals surface area (Å²) < 4.78 is 5.33. The molecule has 130 valence electrons. The quantitative estimate of drug-likeness (QED) is 0.926. The average Bonchev–Trinajstić information content (AvgIpc) is 2.68. The van der Waals surface area contributed by atoms with Crippen molar-refractivity contribution in [2.45, 2.75) is 19.4 Å². The van der Waals surface area contributed by atoms with Crippen LogP contribution in [-0.2, 0) is 0 Å². The summed E-state index contributed by atoms with van der Waals surface area (Å²) in [5.74, 6) is 0.679. The second-order valence-electron chi connectivity index (χ2n) is 6.09. The number of pyridine rings is 1. The second kappa shape index (κ2) is 7.83. The number of carbonyl (C=O) groups is 1. The van der Waals surface area contributed by atoms with E-state index in [2.05, 4.69) is 28.5 Å². The van der Waals surface area contributed by atoms with Crippen molar-refractivity contribution in [1.82, 2.24) is 15.2 Å². The van der Waals surface area contributed by atoms with E-state index >= 15 is 0 Å². The van der Waals surface area contributed by atoms with Crippen LogP contribution >= 0.6 is 0 Å². The van der Waals surface area contributed by atoms with Gasteiger partial charge in [-0.25, -0.2) is 4.79 Å². The van der Waals surface area contributed by atoms with Crippen LogP contribution in [0.2, 0.25) is 0 Å². The Bertz CT molecular complexity index is 759. The Morgan fingerprint density at radius 2 is 2.08 bits per heavy atom. The molecule has 0 aliphatic carbocycles. The Morgan fingerprint density at radius 1 is 1.28 bits per heavy atom. The van der Waals surface area contributed by atoms with E-state index in [1.807, 2.05) is 36.1 Å². The summed E-state index contributed by atoms with van der Waals surface area (Å²) >= 11 is 0. The highest BCUT2D eigenvalue weighted by Crippen LogP contribution is 2.24. The van der Waals surface area contributed by atoms with E-state index in [-0.39, 0.29) is 12.1 Å². The molecular formula is C20H23N3O2. The van der Waals surface area contributed by atoms with Crippen molar-refractivity contribution in [1.29, 1.82) is 0 Å². The van der Waals surface area contributed by atoms with Crippen LogP contribution in [0, 0.1) is 0 Å². The third-order valence-electron chi connectivity index (χ3n) is 4.43. The summed E-state index contributed by atoms with van der Waals surface area (Å²) in [4.78, 5) is 18.6. The summed E-state index contributed by atoms with van der Waals surface area (Å²) in [5.41, 5.74) is 3.28. The van der Waals surface area contributed by atoms with Crippen LogP contribution in [0.1, 0.15) is 30.5 Å². The van der Waals surface area contributed by atoms with E-state index in [1.54, 1.807) is 19.5 Å². The first-order valence-corrected chi connectivity index (χ1v) is 8.47. The van der Waals surface area contributed by atoms with E-state index in [1.165, 1.54) is 11.1 Å². The molecule has 0 spiro atoms. The third kappa shape index (κ3) is 3.99. The standard InChI is InChI=1S/C20H23N3O2/c1-15(18-10-11-21-13-19(18)25-2)22-20(24)23-12-6-9-17(14-23)16-7-4-3-5-8-16/h3-5,7-11,13,15H,6,12,14H2,1-2H3,(H,22,24). The topological polar surface area (TPSA) is 54.5 Å². The van der Waals surface area contributed by atoms with Gasteiger partial charge in [0.05, 0.1) is 19.3 Å². The van der Waals surface area contributed by atoms with E-state index < -0.39 is 0 Å². The number of ether oxygens (including phenoxy) is 1. The molecule has 1 atom stereocenters.